The van der Waals surface area contributed by atoms with Crippen molar-refractivity contribution in [2.75, 3.05) is 6.61 Å². The van der Waals surface area contributed by atoms with Crippen molar-refractivity contribution in [3.63, 3.8) is 0 Å². The lowest BCUT2D eigenvalue weighted by Crippen LogP contribution is -2.21. The van der Waals surface area contributed by atoms with Gasteiger partial charge in [-0.25, -0.2) is 0 Å². The molecule has 0 aliphatic rings. The van der Waals surface area contributed by atoms with Crippen LogP contribution >= 0.6 is 0 Å². The minimum Gasteiger partial charge on any atom is -0.375 e. The summed E-state index contributed by atoms with van der Waals surface area (Å²) in [6.45, 7) is 3.21. The van der Waals surface area contributed by atoms with Crippen molar-refractivity contribution < 1.29 is 4.74 Å². The predicted octanol–water partition coefficient (Wildman–Crippen LogP) is 1.55. The molecule has 1 atom stereocenters. The van der Waals surface area contributed by atoms with Crippen molar-refractivity contribution in [2.45, 2.75) is 19.6 Å². The Morgan fingerprint density at radius 1 is 1.33 bits per heavy atom. The zero-order chi connectivity index (χ0) is 8.81. The second-order valence-corrected chi connectivity index (χ2v) is 2.98. The Balaban J connectivity index is 2.25. The Hall–Kier alpha value is -0.860. The third-order valence-corrected chi connectivity index (χ3v) is 1.49. The van der Waals surface area contributed by atoms with Crippen molar-refractivity contribution in [1.29, 1.82) is 0 Å². The van der Waals surface area contributed by atoms with Crippen LogP contribution in [0.25, 0.3) is 0 Å². The second-order valence-electron chi connectivity index (χ2n) is 2.98. The van der Waals surface area contributed by atoms with E-state index in [-0.39, 0.29) is 6.04 Å². The molecule has 2 heteroatoms. The summed E-state index contributed by atoms with van der Waals surface area (Å²) < 4.78 is 5.36. The smallest absolute Gasteiger partial charge is 0.0717 e. The molecule has 0 saturated heterocycles. The average Bonchev–Trinajstić information content (AvgIpc) is 2.05. The number of hydrogen-bond acceptors (Lipinski definition) is 2. The minimum absolute atomic E-state index is 0.119. The quantitative estimate of drug-likeness (QED) is 0.734. The van der Waals surface area contributed by atoms with E-state index in [2.05, 4.69) is 0 Å². The standard InChI is InChI=1S/C10H15NO/c1-9(11)7-12-8-10-5-3-2-4-6-10/h2-6,9H,7-8,11H2,1H3. The van der Waals surface area contributed by atoms with Gasteiger partial charge >= 0.3 is 0 Å². The van der Waals surface area contributed by atoms with Crippen molar-refractivity contribution in [3.05, 3.63) is 35.9 Å². The van der Waals surface area contributed by atoms with Crippen LogP contribution in [0.2, 0.25) is 0 Å². The Bertz CT molecular complexity index is 208. The molecule has 0 spiro atoms. The van der Waals surface area contributed by atoms with E-state index in [0.717, 1.165) is 0 Å². The summed E-state index contributed by atoms with van der Waals surface area (Å²) in [6, 6.07) is 10.2. The van der Waals surface area contributed by atoms with Gasteiger partial charge in [0.1, 0.15) is 0 Å². The lowest BCUT2D eigenvalue weighted by Gasteiger charge is -2.06. The van der Waals surface area contributed by atoms with Crippen LogP contribution in [0.4, 0.5) is 0 Å². The van der Waals surface area contributed by atoms with Gasteiger partial charge < -0.3 is 10.5 Å². The third kappa shape index (κ3) is 3.51. The monoisotopic (exact) mass is 165 g/mol. The van der Waals surface area contributed by atoms with Gasteiger partial charge in [-0.3, -0.25) is 0 Å². The Morgan fingerprint density at radius 2 is 2.00 bits per heavy atom. The first-order chi connectivity index (χ1) is 5.79. The number of nitrogens with two attached hydrogens (primary N) is 1. The molecular weight excluding hydrogens is 150 g/mol. The van der Waals surface area contributed by atoms with Crippen LogP contribution in [-0.2, 0) is 11.3 Å². The molecule has 0 aromatic heterocycles. The Morgan fingerprint density at radius 3 is 2.58 bits per heavy atom. The number of ether oxygens (including phenoxy) is 1. The summed E-state index contributed by atoms with van der Waals surface area (Å²) in [5.74, 6) is 0. The zero-order valence-electron chi connectivity index (χ0n) is 7.36. The van der Waals surface area contributed by atoms with Crippen molar-refractivity contribution in [1.82, 2.24) is 0 Å². The summed E-state index contributed by atoms with van der Waals surface area (Å²) in [5, 5.41) is 0. The summed E-state index contributed by atoms with van der Waals surface area (Å²) in [6.07, 6.45) is 0. The predicted molar refractivity (Wildman–Crippen MR) is 49.7 cm³/mol. The van der Waals surface area contributed by atoms with Gasteiger partial charge in [0.25, 0.3) is 0 Å². The fourth-order valence-electron chi connectivity index (χ4n) is 0.937. The SMILES string of the molecule is CC(N)COCc1ccccc1. The van der Waals surface area contributed by atoms with E-state index < -0.39 is 0 Å². The van der Waals surface area contributed by atoms with E-state index in [1.807, 2.05) is 37.3 Å². The molecule has 0 heterocycles. The highest BCUT2D eigenvalue weighted by molar-refractivity contribution is 5.13. The molecule has 66 valence electrons. The molecule has 2 N–H and O–H groups in total. The fraction of sp³-hybridized carbons (Fsp3) is 0.400. The van der Waals surface area contributed by atoms with Crippen LogP contribution in [0.1, 0.15) is 12.5 Å². The number of benzene rings is 1. The Labute approximate surface area is 73.3 Å². The van der Waals surface area contributed by atoms with Gasteiger partial charge in [-0.15, -0.1) is 0 Å². The lowest BCUT2D eigenvalue weighted by molar-refractivity contribution is 0.111. The van der Waals surface area contributed by atoms with E-state index in [9.17, 15) is 0 Å². The van der Waals surface area contributed by atoms with Gasteiger partial charge in [-0.2, -0.15) is 0 Å². The van der Waals surface area contributed by atoms with Crippen LogP contribution in [0.15, 0.2) is 30.3 Å². The molecule has 0 saturated carbocycles. The largest absolute Gasteiger partial charge is 0.375 e. The molecule has 1 unspecified atom stereocenters. The van der Waals surface area contributed by atoms with E-state index in [0.29, 0.717) is 13.2 Å². The van der Waals surface area contributed by atoms with Gasteiger partial charge in [-0.05, 0) is 12.5 Å². The van der Waals surface area contributed by atoms with Gasteiger partial charge in [0.2, 0.25) is 0 Å². The van der Waals surface area contributed by atoms with Crippen molar-refractivity contribution in [2.24, 2.45) is 5.73 Å². The van der Waals surface area contributed by atoms with E-state index >= 15 is 0 Å². The van der Waals surface area contributed by atoms with E-state index in [1.165, 1.54) is 5.56 Å². The van der Waals surface area contributed by atoms with Gasteiger partial charge in [0.05, 0.1) is 13.2 Å². The molecule has 0 radical (unpaired) electrons. The van der Waals surface area contributed by atoms with Gasteiger partial charge in [0, 0.05) is 6.04 Å². The molecular formula is C10H15NO. The van der Waals surface area contributed by atoms with Crippen molar-refractivity contribution >= 4 is 0 Å². The maximum atomic E-state index is 5.53. The fourth-order valence-corrected chi connectivity index (χ4v) is 0.937. The first-order valence-corrected chi connectivity index (χ1v) is 4.16. The summed E-state index contributed by atoms with van der Waals surface area (Å²) in [5.41, 5.74) is 6.72. The van der Waals surface area contributed by atoms with Crippen LogP contribution in [0.5, 0.6) is 0 Å². The first kappa shape index (κ1) is 9.23. The molecule has 0 bridgehead atoms. The Kier molecular flexibility index (Phi) is 3.77. The third-order valence-electron chi connectivity index (χ3n) is 1.49. The molecule has 12 heavy (non-hydrogen) atoms. The molecule has 0 aliphatic heterocycles. The summed E-state index contributed by atoms with van der Waals surface area (Å²) in [4.78, 5) is 0. The van der Waals surface area contributed by atoms with E-state index in [4.69, 9.17) is 10.5 Å². The lowest BCUT2D eigenvalue weighted by atomic mass is 10.2. The van der Waals surface area contributed by atoms with Crippen LogP contribution in [0, 0.1) is 0 Å². The zero-order valence-corrected chi connectivity index (χ0v) is 7.36. The number of rotatable bonds is 4. The van der Waals surface area contributed by atoms with Crippen LogP contribution in [-0.4, -0.2) is 12.6 Å². The maximum Gasteiger partial charge on any atom is 0.0717 e. The topological polar surface area (TPSA) is 35.2 Å². The highest BCUT2D eigenvalue weighted by Gasteiger charge is 1.94. The number of hydrogen-bond donors (Lipinski definition) is 1. The first-order valence-electron chi connectivity index (χ1n) is 4.16. The average molecular weight is 165 g/mol. The van der Waals surface area contributed by atoms with Crippen LogP contribution in [0.3, 0.4) is 0 Å². The summed E-state index contributed by atoms with van der Waals surface area (Å²) in [7, 11) is 0. The molecule has 1 aromatic carbocycles. The molecule has 0 amide bonds. The molecule has 2 nitrogen and oxygen atoms in total. The molecule has 0 aliphatic carbocycles. The molecule has 1 aromatic rings. The van der Waals surface area contributed by atoms with Gasteiger partial charge in [0.15, 0.2) is 0 Å². The van der Waals surface area contributed by atoms with Crippen molar-refractivity contribution in [3.8, 4) is 0 Å². The van der Waals surface area contributed by atoms with Crippen LogP contribution < -0.4 is 5.73 Å². The second kappa shape index (κ2) is 4.91. The molecule has 1 rings (SSSR count). The minimum atomic E-state index is 0.119. The maximum absolute atomic E-state index is 5.53. The normalized spacial score (nSPS) is 12.8. The highest BCUT2D eigenvalue weighted by Crippen LogP contribution is 2.00. The van der Waals surface area contributed by atoms with E-state index in [1.54, 1.807) is 0 Å². The molecule has 0 fully saturated rings. The highest BCUT2D eigenvalue weighted by atomic mass is 16.5. The van der Waals surface area contributed by atoms with Gasteiger partial charge in [-0.1, -0.05) is 30.3 Å². The summed E-state index contributed by atoms with van der Waals surface area (Å²) >= 11 is 0.